The molecule has 10 heavy (non-hydrogen) atoms. The Balaban J connectivity index is 2.75. The zero-order chi connectivity index (χ0) is 6.97. The second-order valence-corrected chi connectivity index (χ2v) is 3.03. The van der Waals surface area contributed by atoms with Gasteiger partial charge in [0.05, 0.1) is 0 Å². The van der Waals surface area contributed by atoms with E-state index in [1.54, 1.807) is 12.1 Å². The number of halogens is 1. The summed E-state index contributed by atoms with van der Waals surface area (Å²) in [5, 5.41) is -0.146. The minimum Gasteiger partial charge on any atom is -0.195 e. The number of rotatable bonds is 0. The Morgan fingerprint density at radius 2 is 2.20 bits per heavy atom. The van der Waals surface area contributed by atoms with E-state index in [2.05, 4.69) is 6.07 Å². The number of fused-ring (bicyclic) bond motifs is 1. The Hall–Kier alpha value is -0.890. The van der Waals surface area contributed by atoms with E-state index in [-0.39, 0.29) is 5.13 Å². The highest BCUT2D eigenvalue weighted by molar-refractivity contribution is 7.13. The molecule has 0 spiro atoms. The van der Waals surface area contributed by atoms with Gasteiger partial charge in [0.1, 0.15) is 0 Å². The summed E-state index contributed by atoms with van der Waals surface area (Å²) < 4.78 is 12.5. The lowest BCUT2D eigenvalue weighted by molar-refractivity contribution is 0.656. The van der Waals surface area contributed by atoms with Crippen LogP contribution in [-0.2, 0) is 0 Å². The maximum Gasteiger partial charge on any atom is 0.176 e. The van der Waals surface area contributed by atoms with Crippen molar-refractivity contribution in [1.82, 2.24) is 0 Å². The van der Waals surface area contributed by atoms with Crippen LogP contribution in [0.25, 0.3) is 10.4 Å². The van der Waals surface area contributed by atoms with E-state index < -0.39 is 0 Å². The molecule has 0 saturated heterocycles. The Labute approximate surface area is 62.3 Å². The number of hydrogen-bond acceptors (Lipinski definition) is 1. The predicted octanol–water partition coefficient (Wildman–Crippen LogP) is 2.79. The zero-order valence-corrected chi connectivity index (χ0v) is 5.91. The standard InChI is InChI=1S/C8H4FS/c9-8-5-4-6-2-1-3-7(6)10-8/h1,3-5H. The van der Waals surface area contributed by atoms with Crippen molar-refractivity contribution in [3.63, 3.8) is 0 Å². The average molecular weight is 151 g/mol. The van der Waals surface area contributed by atoms with Crippen molar-refractivity contribution < 1.29 is 4.39 Å². The molecule has 49 valence electrons. The van der Waals surface area contributed by atoms with E-state index in [0.717, 1.165) is 21.8 Å². The molecule has 0 atom stereocenters. The van der Waals surface area contributed by atoms with Gasteiger partial charge in [0.15, 0.2) is 5.13 Å². The van der Waals surface area contributed by atoms with Gasteiger partial charge in [0.25, 0.3) is 0 Å². The van der Waals surface area contributed by atoms with Gasteiger partial charge in [-0.2, -0.15) is 4.39 Å². The molecule has 1 heterocycles. The normalized spacial score (nSPS) is 10.5. The second kappa shape index (κ2) is 2.06. The molecule has 0 nitrogen and oxygen atoms in total. The van der Waals surface area contributed by atoms with Crippen LogP contribution in [0.3, 0.4) is 0 Å². The van der Waals surface area contributed by atoms with Crippen LogP contribution in [0.2, 0.25) is 0 Å². The summed E-state index contributed by atoms with van der Waals surface area (Å²) in [4.78, 5) is 0.958. The van der Waals surface area contributed by atoms with E-state index in [4.69, 9.17) is 0 Å². The first kappa shape index (κ1) is 5.86. The fourth-order valence-corrected chi connectivity index (χ4v) is 1.59. The fraction of sp³-hybridized carbons (Fsp3) is 0. The molecule has 0 N–H and O–H groups in total. The highest BCUT2D eigenvalue weighted by Gasteiger charge is 2.02. The topological polar surface area (TPSA) is 0 Å². The van der Waals surface area contributed by atoms with Crippen LogP contribution in [0.5, 0.6) is 0 Å². The Morgan fingerprint density at radius 1 is 1.30 bits per heavy atom. The summed E-state index contributed by atoms with van der Waals surface area (Å²) in [7, 11) is 0. The maximum atomic E-state index is 12.5. The Kier molecular flexibility index (Phi) is 1.21. The molecule has 1 radical (unpaired) electrons. The van der Waals surface area contributed by atoms with E-state index >= 15 is 0 Å². The van der Waals surface area contributed by atoms with Gasteiger partial charge >= 0.3 is 0 Å². The van der Waals surface area contributed by atoms with Gasteiger partial charge in [-0.25, -0.2) is 0 Å². The molecule has 0 bridgehead atoms. The summed E-state index contributed by atoms with van der Waals surface area (Å²) in [6, 6.07) is 9.86. The SMILES string of the molecule is Fc1ccc2[c]ccc-2s1. The van der Waals surface area contributed by atoms with Crippen molar-refractivity contribution in [2.45, 2.75) is 0 Å². The molecule has 0 aromatic rings. The van der Waals surface area contributed by atoms with Crippen molar-refractivity contribution in [3.8, 4) is 10.4 Å². The molecule has 0 aromatic heterocycles. The lowest BCUT2D eigenvalue weighted by Crippen LogP contribution is -1.70. The molecule has 2 rings (SSSR count). The minimum absolute atomic E-state index is 0.146. The summed E-state index contributed by atoms with van der Waals surface area (Å²) in [5.41, 5.74) is 0.992. The van der Waals surface area contributed by atoms with Gasteiger partial charge in [-0.05, 0) is 29.8 Å². The maximum absolute atomic E-state index is 12.5. The van der Waals surface area contributed by atoms with Gasteiger partial charge in [0, 0.05) is 4.88 Å². The summed E-state index contributed by atoms with van der Waals surface area (Å²) in [5.74, 6) is 0. The van der Waals surface area contributed by atoms with Crippen molar-refractivity contribution in [1.29, 1.82) is 0 Å². The highest BCUT2D eigenvalue weighted by Crippen LogP contribution is 2.27. The smallest absolute Gasteiger partial charge is 0.176 e. The van der Waals surface area contributed by atoms with Gasteiger partial charge < -0.3 is 0 Å². The van der Waals surface area contributed by atoms with Crippen LogP contribution in [0.1, 0.15) is 0 Å². The van der Waals surface area contributed by atoms with Crippen LogP contribution in [0.4, 0.5) is 4.39 Å². The quantitative estimate of drug-likeness (QED) is 0.543. The van der Waals surface area contributed by atoms with E-state index in [0.29, 0.717) is 0 Å². The van der Waals surface area contributed by atoms with Crippen molar-refractivity contribution >= 4 is 11.3 Å². The zero-order valence-electron chi connectivity index (χ0n) is 5.10. The Morgan fingerprint density at radius 3 is 3.10 bits per heavy atom. The molecule has 1 aliphatic carbocycles. The van der Waals surface area contributed by atoms with Crippen LogP contribution in [0, 0.1) is 11.2 Å². The van der Waals surface area contributed by atoms with Crippen LogP contribution in [0.15, 0.2) is 24.3 Å². The van der Waals surface area contributed by atoms with Gasteiger partial charge in [-0.1, -0.05) is 6.07 Å². The Bertz CT molecular complexity index is 313. The molecule has 1 aliphatic heterocycles. The minimum atomic E-state index is -0.146. The molecule has 0 unspecified atom stereocenters. The average Bonchev–Trinajstić information content (AvgIpc) is 2.33. The first-order valence-electron chi connectivity index (χ1n) is 2.92. The molecule has 0 amide bonds. The van der Waals surface area contributed by atoms with Gasteiger partial charge in [-0.15, -0.1) is 11.3 Å². The summed E-state index contributed by atoms with van der Waals surface area (Å²) >= 11 is 1.15. The first-order chi connectivity index (χ1) is 4.86. The third kappa shape index (κ3) is 0.809. The molecule has 0 fully saturated rings. The molecule has 2 heteroatoms. The fourth-order valence-electron chi connectivity index (χ4n) is 0.875. The largest absolute Gasteiger partial charge is 0.195 e. The third-order valence-corrected chi connectivity index (χ3v) is 2.23. The van der Waals surface area contributed by atoms with Crippen LogP contribution < -0.4 is 0 Å². The highest BCUT2D eigenvalue weighted by atomic mass is 32.1. The summed E-state index contributed by atoms with van der Waals surface area (Å²) in [6.07, 6.45) is 0. The summed E-state index contributed by atoms with van der Waals surface area (Å²) in [6.45, 7) is 0. The lowest BCUT2D eigenvalue weighted by atomic mass is 10.3. The first-order valence-corrected chi connectivity index (χ1v) is 3.74. The molecule has 0 aromatic carbocycles. The van der Waals surface area contributed by atoms with Crippen molar-refractivity contribution in [2.75, 3.05) is 0 Å². The molecular weight excluding hydrogens is 147 g/mol. The van der Waals surface area contributed by atoms with Gasteiger partial charge in [-0.3, -0.25) is 0 Å². The van der Waals surface area contributed by atoms with Gasteiger partial charge in [0.2, 0.25) is 0 Å². The van der Waals surface area contributed by atoms with Crippen LogP contribution >= 0.6 is 11.3 Å². The monoisotopic (exact) mass is 151 g/mol. The van der Waals surface area contributed by atoms with Crippen molar-refractivity contribution in [3.05, 3.63) is 35.5 Å². The van der Waals surface area contributed by atoms with Crippen LogP contribution in [-0.4, -0.2) is 0 Å². The van der Waals surface area contributed by atoms with E-state index in [9.17, 15) is 4.39 Å². The lowest BCUT2D eigenvalue weighted by Gasteiger charge is -1.93. The van der Waals surface area contributed by atoms with E-state index in [1.165, 1.54) is 6.07 Å². The third-order valence-electron chi connectivity index (χ3n) is 1.33. The molecule has 0 saturated carbocycles. The predicted molar refractivity (Wildman–Crippen MR) is 39.7 cm³/mol. The van der Waals surface area contributed by atoms with Crippen molar-refractivity contribution in [2.24, 2.45) is 0 Å². The molecule has 2 aliphatic rings. The number of hydrogen-bond donors (Lipinski definition) is 0. The molecular formula is C8H4FS. The second-order valence-electron chi connectivity index (χ2n) is 2.00. The van der Waals surface area contributed by atoms with E-state index in [1.807, 2.05) is 6.07 Å².